The van der Waals surface area contributed by atoms with Crippen LogP contribution in [0.25, 0.3) is 0 Å². The lowest BCUT2D eigenvalue weighted by Crippen LogP contribution is -2.61. The lowest BCUT2D eigenvalue weighted by molar-refractivity contribution is -0.166. The van der Waals surface area contributed by atoms with Gasteiger partial charge < -0.3 is 10.4 Å². The minimum absolute atomic E-state index is 0.0913. The van der Waals surface area contributed by atoms with Crippen molar-refractivity contribution in [1.82, 2.24) is 5.32 Å². The van der Waals surface area contributed by atoms with Gasteiger partial charge in [0.1, 0.15) is 11.6 Å². The van der Waals surface area contributed by atoms with Crippen LogP contribution < -0.4 is 5.32 Å². The zero-order valence-corrected chi connectivity index (χ0v) is 20.5. The highest BCUT2D eigenvalue weighted by molar-refractivity contribution is 5.92. The number of carbonyl (C=O) groups excluding carboxylic acids is 2. The van der Waals surface area contributed by atoms with Gasteiger partial charge in [0, 0.05) is 42.9 Å². The molecule has 31 heavy (non-hydrogen) atoms. The highest BCUT2D eigenvalue weighted by Gasteiger charge is 2.66. The second-order valence-corrected chi connectivity index (χ2v) is 12.3. The van der Waals surface area contributed by atoms with Crippen molar-refractivity contribution >= 4 is 11.6 Å². The molecule has 0 amide bonds. The van der Waals surface area contributed by atoms with Crippen LogP contribution in [0.1, 0.15) is 92.4 Å². The third-order valence-electron chi connectivity index (χ3n) is 10.5. The van der Waals surface area contributed by atoms with Crippen LogP contribution in [-0.2, 0) is 9.59 Å². The Morgan fingerprint density at radius 1 is 1.06 bits per heavy atom. The molecule has 1 unspecified atom stereocenters. The summed E-state index contributed by atoms with van der Waals surface area (Å²) in [5, 5.41) is 13.0. The summed E-state index contributed by atoms with van der Waals surface area (Å²) >= 11 is 0. The second kappa shape index (κ2) is 8.56. The summed E-state index contributed by atoms with van der Waals surface area (Å²) in [6.07, 6.45) is 8.61. The van der Waals surface area contributed by atoms with E-state index in [-0.39, 0.29) is 35.2 Å². The van der Waals surface area contributed by atoms with Crippen molar-refractivity contribution in [2.75, 3.05) is 6.61 Å². The first-order valence-corrected chi connectivity index (χ1v) is 13.1. The molecule has 4 aliphatic rings. The van der Waals surface area contributed by atoms with Crippen LogP contribution in [0.15, 0.2) is 0 Å². The Bertz CT molecular complexity index is 705. The summed E-state index contributed by atoms with van der Waals surface area (Å²) in [6, 6.07) is 0.983. The first-order valence-electron chi connectivity index (χ1n) is 13.1. The lowest BCUT2D eigenvalue weighted by atomic mass is 9.43. The number of carbonyl (C=O) groups is 2. The van der Waals surface area contributed by atoms with Gasteiger partial charge in [-0.3, -0.25) is 9.59 Å². The Kier molecular flexibility index (Phi) is 6.46. The summed E-state index contributed by atoms with van der Waals surface area (Å²) in [6.45, 7) is 11.5. The second-order valence-electron chi connectivity index (χ2n) is 12.3. The number of hydrogen-bond donors (Lipinski definition) is 2. The zero-order chi connectivity index (χ0) is 22.6. The van der Waals surface area contributed by atoms with Gasteiger partial charge in [-0.25, -0.2) is 0 Å². The molecule has 0 aromatic carbocycles. The average Bonchev–Trinajstić information content (AvgIpc) is 3.06. The molecule has 0 spiro atoms. The van der Waals surface area contributed by atoms with Crippen molar-refractivity contribution in [1.29, 1.82) is 0 Å². The summed E-state index contributed by atoms with van der Waals surface area (Å²) in [5.74, 6) is 2.69. The summed E-state index contributed by atoms with van der Waals surface area (Å²) in [5.41, 5.74) is -0.212. The maximum absolute atomic E-state index is 13.8. The Balaban J connectivity index is 1.58. The molecule has 4 aliphatic carbocycles. The van der Waals surface area contributed by atoms with Crippen molar-refractivity contribution in [2.45, 2.75) is 104 Å². The van der Waals surface area contributed by atoms with Gasteiger partial charge in [-0.15, -0.1) is 0 Å². The summed E-state index contributed by atoms with van der Waals surface area (Å²) in [7, 11) is 0. The average molecular weight is 432 g/mol. The SMILES string of the molecule is CC(C)NC1CC[C@@]2(C)[C@H](CC(=O)[C@@H]3[C@@H]2CC(=O)[C@]2(C)[C@@H]([C@H](C)CCCO)CC[C@@H]32)C1. The van der Waals surface area contributed by atoms with Crippen molar-refractivity contribution in [3.8, 4) is 0 Å². The van der Waals surface area contributed by atoms with E-state index in [2.05, 4.69) is 39.9 Å². The van der Waals surface area contributed by atoms with E-state index in [0.717, 1.165) is 44.9 Å². The summed E-state index contributed by atoms with van der Waals surface area (Å²) in [4.78, 5) is 27.4. The highest BCUT2D eigenvalue weighted by atomic mass is 16.3. The molecule has 4 heteroatoms. The van der Waals surface area contributed by atoms with Gasteiger partial charge >= 0.3 is 0 Å². The van der Waals surface area contributed by atoms with Crippen molar-refractivity contribution in [3.63, 3.8) is 0 Å². The first-order chi connectivity index (χ1) is 14.6. The van der Waals surface area contributed by atoms with Crippen molar-refractivity contribution in [2.24, 2.45) is 46.3 Å². The molecule has 9 atom stereocenters. The Hall–Kier alpha value is -0.740. The molecule has 0 saturated heterocycles. The molecular weight excluding hydrogens is 386 g/mol. The third kappa shape index (κ3) is 3.74. The van der Waals surface area contributed by atoms with E-state index in [1.54, 1.807) is 0 Å². The molecule has 0 aliphatic heterocycles. The Morgan fingerprint density at radius 2 is 1.81 bits per heavy atom. The molecule has 4 saturated carbocycles. The molecule has 4 nitrogen and oxygen atoms in total. The number of ketones is 2. The maximum Gasteiger partial charge on any atom is 0.139 e. The van der Waals surface area contributed by atoms with Crippen LogP contribution in [0.2, 0.25) is 0 Å². The van der Waals surface area contributed by atoms with Crippen LogP contribution in [0.3, 0.4) is 0 Å². The minimum Gasteiger partial charge on any atom is -0.396 e. The van der Waals surface area contributed by atoms with Crippen LogP contribution in [0.4, 0.5) is 0 Å². The van der Waals surface area contributed by atoms with Gasteiger partial charge in [0.05, 0.1) is 0 Å². The number of hydrogen-bond acceptors (Lipinski definition) is 4. The normalized spacial score (nSPS) is 45.9. The molecule has 0 aromatic rings. The van der Waals surface area contributed by atoms with E-state index in [0.29, 0.717) is 47.8 Å². The first kappa shape index (κ1) is 23.4. The lowest BCUT2D eigenvalue weighted by Gasteiger charge is -2.60. The van der Waals surface area contributed by atoms with E-state index < -0.39 is 0 Å². The fourth-order valence-corrected chi connectivity index (χ4v) is 8.84. The predicted octanol–water partition coefficient (Wildman–Crippen LogP) is 4.78. The fraction of sp³-hybridized carbons (Fsp3) is 0.926. The standard InChI is InChI=1S/C27H45NO3/c1-16(2)28-19-10-11-26(4)18(13-19)14-23(30)25-21-9-8-20(17(3)7-6-12-29)27(21,5)24(31)15-22(25)26/h16-22,25,28-29H,6-15H2,1-5H3/t17-,18+,19?,20-,21+,22+,25+,26+,27-/m1/s1. The van der Waals surface area contributed by atoms with Crippen LogP contribution in [-0.4, -0.2) is 35.4 Å². The maximum atomic E-state index is 13.8. The number of aliphatic hydroxyl groups is 1. The minimum atomic E-state index is -0.342. The smallest absolute Gasteiger partial charge is 0.139 e. The van der Waals surface area contributed by atoms with Gasteiger partial charge in [-0.1, -0.05) is 34.6 Å². The molecule has 2 N–H and O–H groups in total. The van der Waals surface area contributed by atoms with Crippen molar-refractivity contribution < 1.29 is 14.7 Å². The van der Waals surface area contributed by atoms with Gasteiger partial charge in [-0.05, 0) is 80.0 Å². The summed E-state index contributed by atoms with van der Waals surface area (Å²) < 4.78 is 0. The monoisotopic (exact) mass is 431 g/mol. The van der Waals surface area contributed by atoms with Gasteiger partial charge in [0.2, 0.25) is 0 Å². The van der Waals surface area contributed by atoms with Crippen LogP contribution in [0, 0.1) is 46.3 Å². The van der Waals surface area contributed by atoms with E-state index in [1.165, 1.54) is 6.42 Å². The van der Waals surface area contributed by atoms with Crippen LogP contribution >= 0.6 is 0 Å². The number of fused-ring (bicyclic) bond motifs is 5. The zero-order valence-electron chi connectivity index (χ0n) is 20.5. The molecule has 0 heterocycles. The Labute approximate surface area is 189 Å². The third-order valence-corrected chi connectivity index (χ3v) is 10.5. The van der Waals surface area contributed by atoms with E-state index in [9.17, 15) is 14.7 Å². The quantitative estimate of drug-likeness (QED) is 0.635. The molecular formula is C27H45NO3. The largest absolute Gasteiger partial charge is 0.396 e. The molecule has 4 fully saturated rings. The number of rotatable bonds is 6. The van der Waals surface area contributed by atoms with E-state index >= 15 is 0 Å². The van der Waals surface area contributed by atoms with Crippen molar-refractivity contribution in [3.05, 3.63) is 0 Å². The number of nitrogens with one attached hydrogen (secondary N) is 1. The van der Waals surface area contributed by atoms with E-state index in [4.69, 9.17) is 0 Å². The number of Topliss-reactive ketones (excluding diaryl/α,β-unsaturated/α-hetero) is 2. The molecule has 0 bridgehead atoms. The van der Waals surface area contributed by atoms with E-state index in [1.807, 2.05) is 0 Å². The van der Waals surface area contributed by atoms with Gasteiger partial charge in [-0.2, -0.15) is 0 Å². The highest BCUT2D eigenvalue weighted by Crippen LogP contribution is 2.66. The van der Waals surface area contributed by atoms with Gasteiger partial charge in [0.25, 0.3) is 0 Å². The molecule has 4 rings (SSSR count). The topological polar surface area (TPSA) is 66.4 Å². The van der Waals surface area contributed by atoms with Gasteiger partial charge in [0.15, 0.2) is 0 Å². The predicted molar refractivity (Wildman–Crippen MR) is 124 cm³/mol. The fourth-order valence-electron chi connectivity index (χ4n) is 8.84. The van der Waals surface area contributed by atoms with Crippen LogP contribution in [0.5, 0.6) is 0 Å². The Morgan fingerprint density at radius 3 is 2.48 bits per heavy atom. The number of aliphatic hydroxyl groups excluding tert-OH is 1. The molecule has 176 valence electrons. The molecule has 0 aromatic heterocycles. The molecule has 0 radical (unpaired) electrons.